The average molecular weight is 220 g/mol. The molecule has 0 aliphatic carbocycles. The van der Waals surface area contributed by atoms with E-state index in [1.54, 1.807) is 6.08 Å². The maximum atomic E-state index is 4.02. The Morgan fingerprint density at radius 1 is 1.25 bits per heavy atom. The van der Waals surface area contributed by atoms with Gasteiger partial charge in [-0.25, -0.2) is 0 Å². The van der Waals surface area contributed by atoms with Gasteiger partial charge in [-0.3, -0.25) is 0 Å². The maximum Gasteiger partial charge on any atom is 0.0479 e. The summed E-state index contributed by atoms with van der Waals surface area (Å²) in [6, 6.07) is 0.522. The molecule has 0 aromatic heterocycles. The molecule has 0 rings (SSSR count). The van der Waals surface area contributed by atoms with Gasteiger partial charge in [0.25, 0.3) is 0 Å². The molecule has 0 aliphatic heterocycles. The summed E-state index contributed by atoms with van der Waals surface area (Å²) < 4.78 is 0. The summed E-state index contributed by atoms with van der Waals surface area (Å²) in [5.74, 6) is 0. The fraction of sp³-hybridized carbons (Fsp3) is 0.429. The molecular formula is C14H24N2. The molecule has 0 aliphatic rings. The van der Waals surface area contributed by atoms with Crippen molar-refractivity contribution in [2.24, 2.45) is 0 Å². The topological polar surface area (TPSA) is 24.1 Å². The van der Waals surface area contributed by atoms with Crippen molar-refractivity contribution in [1.82, 2.24) is 10.6 Å². The number of allylic oxidation sites excluding steroid dienone is 3. The number of hydrogen-bond acceptors (Lipinski definition) is 2. The zero-order valence-corrected chi connectivity index (χ0v) is 10.9. The Labute approximate surface area is 99.8 Å². The van der Waals surface area contributed by atoms with E-state index in [0.29, 0.717) is 0 Å². The highest BCUT2D eigenvalue weighted by Gasteiger charge is 2.09. The van der Waals surface area contributed by atoms with Crippen LogP contribution in [-0.4, -0.2) is 19.1 Å². The molecule has 0 saturated heterocycles. The molecule has 0 radical (unpaired) electrons. The standard InChI is InChI=1S/C14H24N2/c1-7-9-10-14(8-2)13(5)16-12(4)11(3)15-6/h7-11,13,15-16H,1,4H2,2-3,5-6H3/b10-9-,14-8+. The summed E-state index contributed by atoms with van der Waals surface area (Å²) in [6.07, 6.45) is 7.87. The van der Waals surface area contributed by atoms with Crippen LogP contribution in [0.4, 0.5) is 0 Å². The van der Waals surface area contributed by atoms with Gasteiger partial charge < -0.3 is 10.6 Å². The number of nitrogens with one attached hydrogen (secondary N) is 2. The van der Waals surface area contributed by atoms with E-state index in [0.717, 1.165) is 5.70 Å². The second-order valence-electron chi connectivity index (χ2n) is 3.79. The summed E-state index contributed by atoms with van der Waals surface area (Å²) in [7, 11) is 1.93. The summed E-state index contributed by atoms with van der Waals surface area (Å²) >= 11 is 0. The van der Waals surface area contributed by atoms with Gasteiger partial charge in [0.2, 0.25) is 0 Å². The van der Waals surface area contributed by atoms with Gasteiger partial charge in [0, 0.05) is 17.8 Å². The van der Waals surface area contributed by atoms with Crippen molar-refractivity contribution >= 4 is 0 Å². The highest BCUT2D eigenvalue weighted by molar-refractivity contribution is 5.27. The number of hydrogen-bond donors (Lipinski definition) is 2. The van der Waals surface area contributed by atoms with Crippen LogP contribution in [0.3, 0.4) is 0 Å². The van der Waals surface area contributed by atoms with Crippen molar-refractivity contribution in [2.45, 2.75) is 32.9 Å². The summed E-state index contributed by atoms with van der Waals surface area (Å²) in [5.41, 5.74) is 2.23. The molecule has 0 bridgehead atoms. The summed E-state index contributed by atoms with van der Waals surface area (Å²) in [4.78, 5) is 0. The maximum absolute atomic E-state index is 4.02. The molecule has 2 nitrogen and oxygen atoms in total. The molecule has 2 atom stereocenters. The monoisotopic (exact) mass is 220 g/mol. The predicted octanol–water partition coefficient (Wildman–Crippen LogP) is 2.77. The molecule has 0 heterocycles. The van der Waals surface area contributed by atoms with Gasteiger partial charge in [-0.05, 0) is 33.4 Å². The minimum Gasteiger partial charge on any atom is -0.381 e. The van der Waals surface area contributed by atoms with Crippen LogP contribution < -0.4 is 10.6 Å². The minimum atomic E-state index is 0.254. The first-order chi connectivity index (χ1) is 7.56. The van der Waals surface area contributed by atoms with Crippen molar-refractivity contribution < 1.29 is 0 Å². The number of rotatable bonds is 7. The normalized spacial score (nSPS) is 15.9. The molecule has 2 N–H and O–H groups in total. The summed E-state index contributed by atoms with van der Waals surface area (Å²) in [5, 5.41) is 6.53. The van der Waals surface area contributed by atoms with Crippen LogP contribution in [0.25, 0.3) is 0 Å². The molecule has 0 spiro atoms. The lowest BCUT2D eigenvalue weighted by atomic mass is 10.1. The smallest absolute Gasteiger partial charge is 0.0479 e. The largest absolute Gasteiger partial charge is 0.381 e. The van der Waals surface area contributed by atoms with Gasteiger partial charge in [-0.1, -0.05) is 37.5 Å². The van der Waals surface area contributed by atoms with Crippen LogP contribution in [0.5, 0.6) is 0 Å². The van der Waals surface area contributed by atoms with Crippen LogP contribution >= 0.6 is 0 Å². The van der Waals surface area contributed by atoms with Crippen molar-refractivity contribution in [1.29, 1.82) is 0 Å². The van der Waals surface area contributed by atoms with Crippen molar-refractivity contribution in [3.8, 4) is 0 Å². The fourth-order valence-corrected chi connectivity index (χ4v) is 1.33. The lowest BCUT2D eigenvalue weighted by Gasteiger charge is -2.22. The third kappa shape index (κ3) is 4.99. The first-order valence-electron chi connectivity index (χ1n) is 5.64. The van der Waals surface area contributed by atoms with Gasteiger partial charge in [-0.15, -0.1) is 0 Å². The van der Waals surface area contributed by atoms with Gasteiger partial charge >= 0.3 is 0 Å². The quantitative estimate of drug-likeness (QED) is 0.645. The van der Waals surface area contributed by atoms with E-state index in [-0.39, 0.29) is 12.1 Å². The highest BCUT2D eigenvalue weighted by Crippen LogP contribution is 2.07. The van der Waals surface area contributed by atoms with Crippen LogP contribution in [-0.2, 0) is 0 Å². The van der Waals surface area contributed by atoms with Crippen LogP contribution in [0.2, 0.25) is 0 Å². The third-order valence-corrected chi connectivity index (χ3v) is 2.62. The minimum absolute atomic E-state index is 0.254. The van der Waals surface area contributed by atoms with Crippen molar-refractivity contribution in [3.05, 3.63) is 48.7 Å². The van der Waals surface area contributed by atoms with E-state index in [1.807, 2.05) is 20.0 Å². The Balaban J connectivity index is 4.43. The first kappa shape index (κ1) is 14.7. The number of likely N-dealkylation sites (N-methyl/N-ethyl adjacent to an activating group) is 1. The SMILES string of the molecule is C=C/C=C\C(=C/C)C(C)NC(=C)C(C)NC. The molecule has 0 amide bonds. The van der Waals surface area contributed by atoms with E-state index >= 15 is 0 Å². The third-order valence-electron chi connectivity index (χ3n) is 2.62. The second kappa shape index (κ2) is 7.94. The van der Waals surface area contributed by atoms with Gasteiger partial charge in [0.1, 0.15) is 0 Å². The molecule has 2 heteroatoms. The second-order valence-corrected chi connectivity index (χ2v) is 3.79. The molecule has 0 saturated carbocycles. The van der Waals surface area contributed by atoms with E-state index in [4.69, 9.17) is 0 Å². The Bertz CT molecular complexity index is 287. The molecule has 90 valence electrons. The molecule has 0 aromatic carbocycles. The Hall–Kier alpha value is -1.28. The Morgan fingerprint density at radius 2 is 1.88 bits per heavy atom. The van der Waals surface area contributed by atoms with E-state index < -0.39 is 0 Å². The molecule has 0 fully saturated rings. The van der Waals surface area contributed by atoms with Gasteiger partial charge in [-0.2, -0.15) is 0 Å². The lowest BCUT2D eigenvalue weighted by Crippen LogP contribution is -2.36. The summed E-state index contributed by atoms with van der Waals surface area (Å²) in [6.45, 7) is 13.9. The molecule has 16 heavy (non-hydrogen) atoms. The van der Waals surface area contributed by atoms with Crippen molar-refractivity contribution in [2.75, 3.05) is 7.05 Å². The zero-order valence-electron chi connectivity index (χ0n) is 10.9. The zero-order chi connectivity index (χ0) is 12.6. The lowest BCUT2D eigenvalue weighted by molar-refractivity contribution is 0.594. The fourth-order valence-electron chi connectivity index (χ4n) is 1.33. The molecular weight excluding hydrogens is 196 g/mol. The van der Waals surface area contributed by atoms with Crippen molar-refractivity contribution in [3.63, 3.8) is 0 Å². The van der Waals surface area contributed by atoms with E-state index in [2.05, 4.69) is 49.8 Å². The Kier molecular flexibility index (Phi) is 7.31. The first-order valence-corrected chi connectivity index (χ1v) is 5.64. The molecule has 2 unspecified atom stereocenters. The average Bonchev–Trinajstić information content (AvgIpc) is 2.28. The van der Waals surface area contributed by atoms with Crippen LogP contribution in [0.1, 0.15) is 20.8 Å². The van der Waals surface area contributed by atoms with Crippen LogP contribution in [0, 0.1) is 0 Å². The van der Waals surface area contributed by atoms with E-state index in [9.17, 15) is 0 Å². The predicted molar refractivity (Wildman–Crippen MR) is 73.4 cm³/mol. The van der Waals surface area contributed by atoms with Crippen LogP contribution in [0.15, 0.2) is 48.7 Å². The Morgan fingerprint density at radius 3 is 2.31 bits per heavy atom. The van der Waals surface area contributed by atoms with Gasteiger partial charge in [0.05, 0.1) is 0 Å². The van der Waals surface area contributed by atoms with Gasteiger partial charge in [0.15, 0.2) is 0 Å². The molecule has 0 aromatic rings. The highest BCUT2D eigenvalue weighted by atomic mass is 15.0. The van der Waals surface area contributed by atoms with E-state index in [1.165, 1.54) is 5.57 Å².